The van der Waals surface area contributed by atoms with E-state index in [0.717, 1.165) is 48.9 Å². The van der Waals surface area contributed by atoms with Gasteiger partial charge in [0.2, 0.25) is 0 Å². The number of rotatable bonds is 6. The summed E-state index contributed by atoms with van der Waals surface area (Å²) < 4.78 is 7.51. The largest absolute Gasteiger partial charge is 0.376 e. The molecule has 0 N–H and O–H groups in total. The summed E-state index contributed by atoms with van der Waals surface area (Å²) in [6.45, 7) is 9.84. The van der Waals surface area contributed by atoms with Gasteiger partial charge in [0.25, 0.3) is 5.56 Å². The van der Waals surface area contributed by atoms with Crippen LogP contribution in [0.1, 0.15) is 44.4 Å². The quantitative estimate of drug-likeness (QED) is 0.809. The van der Waals surface area contributed by atoms with E-state index in [4.69, 9.17) is 4.74 Å². The summed E-state index contributed by atoms with van der Waals surface area (Å²) in [6, 6.07) is 5.55. The minimum Gasteiger partial charge on any atom is -0.376 e. The smallest absolute Gasteiger partial charge is 0.258 e. The van der Waals surface area contributed by atoms with Crippen molar-refractivity contribution in [2.24, 2.45) is 5.92 Å². The minimum atomic E-state index is -0.0123. The molecule has 2 aromatic rings. The average Bonchev–Trinajstić information content (AvgIpc) is 2.54. The molecule has 0 saturated carbocycles. The van der Waals surface area contributed by atoms with E-state index in [9.17, 15) is 4.79 Å². The van der Waals surface area contributed by atoms with E-state index in [1.165, 1.54) is 12.8 Å². The Balaban J connectivity index is 1.65. The van der Waals surface area contributed by atoms with E-state index in [0.29, 0.717) is 12.6 Å². The van der Waals surface area contributed by atoms with E-state index < -0.39 is 0 Å². The van der Waals surface area contributed by atoms with Gasteiger partial charge in [0.05, 0.1) is 18.4 Å². The topological polar surface area (TPSA) is 46.8 Å². The number of aryl methyl sites for hydroxylation is 1. The lowest BCUT2D eigenvalue weighted by Gasteiger charge is -2.32. The molecule has 3 heterocycles. The van der Waals surface area contributed by atoms with Crippen LogP contribution in [0.15, 0.2) is 29.2 Å². The van der Waals surface area contributed by atoms with Gasteiger partial charge in [0.15, 0.2) is 0 Å². The molecular weight excluding hydrogens is 314 g/mol. The van der Waals surface area contributed by atoms with Crippen molar-refractivity contribution >= 4 is 5.65 Å². The van der Waals surface area contributed by atoms with Crippen LogP contribution in [0.3, 0.4) is 0 Å². The molecule has 1 atom stereocenters. The number of nitrogens with zero attached hydrogens (tertiary/aromatic N) is 3. The van der Waals surface area contributed by atoms with Crippen LogP contribution in [0.5, 0.6) is 0 Å². The molecule has 136 valence electrons. The molecule has 0 spiro atoms. The Labute approximate surface area is 149 Å². The molecule has 1 aliphatic rings. The van der Waals surface area contributed by atoms with E-state index >= 15 is 0 Å². The Kier molecular flexibility index (Phi) is 5.86. The first-order valence-corrected chi connectivity index (χ1v) is 9.34. The van der Waals surface area contributed by atoms with Crippen molar-refractivity contribution in [1.82, 2.24) is 14.3 Å². The minimum absolute atomic E-state index is 0.0123. The predicted molar refractivity (Wildman–Crippen MR) is 99.9 cm³/mol. The molecule has 0 bridgehead atoms. The number of pyridine rings is 1. The zero-order valence-corrected chi connectivity index (χ0v) is 15.6. The number of morpholine rings is 1. The first-order valence-electron chi connectivity index (χ1n) is 9.34. The van der Waals surface area contributed by atoms with Crippen LogP contribution in [-0.2, 0) is 11.3 Å². The predicted octanol–water partition coefficient (Wildman–Crippen LogP) is 3.03. The van der Waals surface area contributed by atoms with Gasteiger partial charge >= 0.3 is 0 Å². The van der Waals surface area contributed by atoms with Gasteiger partial charge < -0.3 is 4.74 Å². The molecule has 2 aromatic heterocycles. The highest BCUT2D eigenvalue weighted by Gasteiger charge is 2.21. The normalized spacial score (nSPS) is 19.0. The third-order valence-electron chi connectivity index (χ3n) is 4.79. The maximum absolute atomic E-state index is 12.3. The van der Waals surface area contributed by atoms with Gasteiger partial charge in [0, 0.05) is 31.9 Å². The molecular formula is C20H29N3O2. The van der Waals surface area contributed by atoms with Gasteiger partial charge in [-0.15, -0.1) is 0 Å². The molecule has 3 rings (SSSR count). The van der Waals surface area contributed by atoms with Crippen LogP contribution in [0, 0.1) is 12.8 Å². The monoisotopic (exact) mass is 343 g/mol. The average molecular weight is 343 g/mol. The van der Waals surface area contributed by atoms with Gasteiger partial charge in [-0.3, -0.25) is 14.1 Å². The van der Waals surface area contributed by atoms with Crippen LogP contribution in [0.2, 0.25) is 0 Å². The number of hydrogen-bond acceptors (Lipinski definition) is 4. The highest BCUT2D eigenvalue weighted by molar-refractivity contribution is 5.41. The summed E-state index contributed by atoms with van der Waals surface area (Å²) in [5.74, 6) is 0.748. The lowest BCUT2D eigenvalue weighted by Crippen LogP contribution is -2.42. The van der Waals surface area contributed by atoms with E-state index in [1.54, 1.807) is 16.7 Å². The standard InChI is InChI=1S/C20H29N3O2/c1-15(2)5-4-6-18-14-22(9-10-25-18)13-17-12-20(24)23-8-7-16(3)11-19(23)21-17/h7-8,11-12,15,18H,4-6,9-10,13-14H2,1-3H3. The molecule has 5 heteroatoms. The number of hydrogen-bond donors (Lipinski definition) is 0. The van der Waals surface area contributed by atoms with E-state index in [1.807, 2.05) is 19.1 Å². The summed E-state index contributed by atoms with van der Waals surface area (Å²) in [6.07, 6.45) is 5.68. The van der Waals surface area contributed by atoms with Crippen molar-refractivity contribution in [2.75, 3.05) is 19.7 Å². The van der Waals surface area contributed by atoms with E-state index in [-0.39, 0.29) is 5.56 Å². The molecule has 0 aromatic carbocycles. The second-order valence-electron chi connectivity index (χ2n) is 7.57. The number of fused-ring (bicyclic) bond motifs is 1. The zero-order valence-electron chi connectivity index (χ0n) is 15.6. The zero-order chi connectivity index (χ0) is 17.8. The highest BCUT2D eigenvalue weighted by Crippen LogP contribution is 2.16. The third kappa shape index (κ3) is 4.89. The Bertz CT molecular complexity index is 769. The Hall–Kier alpha value is -1.72. The summed E-state index contributed by atoms with van der Waals surface area (Å²) >= 11 is 0. The van der Waals surface area contributed by atoms with Crippen LogP contribution in [0.25, 0.3) is 5.65 Å². The highest BCUT2D eigenvalue weighted by atomic mass is 16.5. The van der Waals surface area contributed by atoms with Crippen molar-refractivity contribution < 1.29 is 4.74 Å². The summed E-state index contributed by atoms with van der Waals surface area (Å²) in [4.78, 5) is 19.3. The molecule has 0 amide bonds. The second-order valence-corrected chi connectivity index (χ2v) is 7.57. The van der Waals surface area contributed by atoms with Gasteiger partial charge in [-0.25, -0.2) is 4.98 Å². The summed E-state index contributed by atoms with van der Waals surface area (Å²) in [5, 5.41) is 0. The van der Waals surface area contributed by atoms with Crippen molar-refractivity contribution in [1.29, 1.82) is 0 Å². The van der Waals surface area contributed by atoms with Crippen molar-refractivity contribution in [3.05, 3.63) is 46.0 Å². The lowest BCUT2D eigenvalue weighted by molar-refractivity contribution is -0.0363. The Morgan fingerprint density at radius 3 is 3.00 bits per heavy atom. The molecule has 0 aliphatic carbocycles. The van der Waals surface area contributed by atoms with Crippen molar-refractivity contribution in [3.63, 3.8) is 0 Å². The first-order chi connectivity index (χ1) is 12.0. The van der Waals surface area contributed by atoms with Gasteiger partial charge in [-0.1, -0.05) is 26.7 Å². The maximum Gasteiger partial charge on any atom is 0.258 e. The fraction of sp³-hybridized carbons (Fsp3) is 0.600. The number of ether oxygens (including phenoxy) is 1. The summed E-state index contributed by atoms with van der Waals surface area (Å²) in [5.41, 5.74) is 2.67. The molecule has 5 nitrogen and oxygen atoms in total. The van der Waals surface area contributed by atoms with Crippen LogP contribution >= 0.6 is 0 Å². The van der Waals surface area contributed by atoms with Crippen LogP contribution in [0.4, 0.5) is 0 Å². The molecule has 1 aliphatic heterocycles. The van der Waals surface area contributed by atoms with Crippen LogP contribution in [-0.4, -0.2) is 40.1 Å². The Morgan fingerprint density at radius 2 is 2.20 bits per heavy atom. The second kappa shape index (κ2) is 8.11. The van der Waals surface area contributed by atoms with E-state index in [2.05, 4.69) is 23.7 Å². The molecule has 1 saturated heterocycles. The molecule has 1 unspecified atom stereocenters. The molecule has 25 heavy (non-hydrogen) atoms. The summed E-state index contributed by atoms with van der Waals surface area (Å²) in [7, 11) is 0. The SMILES string of the molecule is Cc1ccn2c(=O)cc(CN3CCOC(CCCC(C)C)C3)nc2c1. The van der Waals surface area contributed by atoms with Crippen LogP contribution < -0.4 is 5.56 Å². The fourth-order valence-electron chi connectivity index (χ4n) is 3.42. The number of aromatic nitrogens is 2. The van der Waals surface area contributed by atoms with Gasteiger partial charge in [-0.05, 0) is 37.0 Å². The Morgan fingerprint density at radius 1 is 1.36 bits per heavy atom. The molecule has 0 radical (unpaired) electrons. The van der Waals surface area contributed by atoms with Crippen molar-refractivity contribution in [3.8, 4) is 0 Å². The molecule has 1 fully saturated rings. The maximum atomic E-state index is 12.3. The fourth-order valence-corrected chi connectivity index (χ4v) is 3.42. The third-order valence-corrected chi connectivity index (χ3v) is 4.79. The lowest BCUT2D eigenvalue weighted by atomic mass is 10.0. The van der Waals surface area contributed by atoms with Crippen molar-refractivity contribution in [2.45, 2.75) is 52.7 Å². The van der Waals surface area contributed by atoms with Gasteiger partial charge in [0.1, 0.15) is 5.65 Å². The first kappa shape index (κ1) is 18.1. The van der Waals surface area contributed by atoms with Gasteiger partial charge in [-0.2, -0.15) is 0 Å².